The number of Topliss-reactive ketones (excluding diaryl/α,β-unsaturated/α-hetero) is 1. The van der Waals surface area contributed by atoms with Crippen molar-refractivity contribution in [1.29, 1.82) is 0 Å². The largest absolute Gasteiger partial charge is 0.503 e. The molecule has 8 heteroatoms. The van der Waals surface area contributed by atoms with Gasteiger partial charge in [-0.25, -0.2) is 4.98 Å². The Labute approximate surface area is 183 Å². The number of benzene rings is 1. The second kappa shape index (κ2) is 8.31. The quantitative estimate of drug-likeness (QED) is 0.590. The van der Waals surface area contributed by atoms with E-state index >= 15 is 0 Å². The van der Waals surface area contributed by atoms with Crippen LogP contribution in [0.2, 0.25) is 0 Å². The van der Waals surface area contributed by atoms with Crippen LogP contribution >= 0.6 is 11.3 Å². The number of pyridine rings is 1. The van der Waals surface area contributed by atoms with Crippen molar-refractivity contribution >= 4 is 23.0 Å². The van der Waals surface area contributed by atoms with Gasteiger partial charge in [-0.05, 0) is 43.7 Å². The molecular formula is C23H21N3O4S. The molecule has 1 aromatic carbocycles. The van der Waals surface area contributed by atoms with Gasteiger partial charge < -0.3 is 14.7 Å². The summed E-state index contributed by atoms with van der Waals surface area (Å²) in [5.74, 6) is -0.907. The molecule has 0 radical (unpaired) electrons. The molecule has 1 atom stereocenters. The molecule has 158 valence electrons. The number of hydrogen-bond acceptors (Lipinski definition) is 7. The van der Waals surface area contributed by atoms with Crippen LogP contribution in [0.5, 0.6) is 5.75 Å². The molecule has 0 bridgehead atoms. The van der Waals surface area contributed by atoms with Crippen LogP contribution in [0.3, 0.4) is 0 Å². The highest BCUT2D eigenvalue weighted by molar-refractivity contribution is 7.14. The summed E-state index contributed by atoms with van der Waals surface area (Å²) in [6.07, 6.45) is 1.60. The standard InChI is InChI=1S/C23H21N3O4S/c1-13-22(31-14(2)25-13)20(27)18-19(17-9-4-5-10-24-17)26(23(29)21(18)28)12-15-7-6-8-16(11-15)30-3/h4-11,19,28H,12H2,1-3H3. The van der Waals surface area contributed by atoms with E-state index in [2.05, 4.69) is 9.97 Å². The van der Waals surface area contributed by atoms with Crippen LogP contribution in [0.25, 0.3) is 0 Å². The number of hydrogen-bond donors (Lipinski definition) is 1. The summed E-state index contributed by atoms with van der Waals surface area (Å²) in [4.78, 5) is 37.1. The number of rotatable bonds is 6. The molecule has 0 spiro atoms. The third-order valence-electron chi connectivity index (χ3n) is 5.11. The lowest BCUT2D eigenvalue weighted by molar-refractivity contribution is -0.130. The van der Waals surface area contributed by atoms with Crippen molar-refractivity contribution in [1.82, 2.24) is 14.9 Å². The number of aliphatic hydroxyl groups is 1. The Morgan fingerprint density at radius 2 is 2.03 bits per heavy atom. The second-order valence-corrected chi connectivity index (χ2v) is 8.38. The number of ketones is 1. The fourth-order valence-corrected chi connectivity index (χ4v) is 4.60. The smallest absolute Gasteiger partial charge is 0.290 e. The minimum Gasteiger partial charge on any atom is -0.503 e. The first-order valence-corrected chi connectivity index (χ1v) is 10.5. The molecule has 7 nitrogen and oxygen atoms in total. The fraction of sp³-hybridized carbons (Fsp3) is 0.217. The Kier molecular flexibility index (Phi) is 5.56. The maximum atomic E-state index is 13.4. The summed E-state index contributed by atoms with van der Waals surface area (Å²) < 4.78 is 5.28. The highest BCUT2D eigenvalue weighted by atomic mass is 32.1. The van der Waals surface area contributed by atoms with Crippen molar-refractivity contribution < 1.29 is 19.4 Å². The first-order valence-electron chi connectivity index (χ1n) is 9.67. The predicted octanol–water partition coefficient (Wildman–Crippen LogP) is 3.94. The van der Waals surface area contributed by atoms with Gasteiger partial charge in [0.05, 0.1) is 34.0 Å². The average molecular weight is 436 g/mol. The lowest BCUT2D eigenvalue weighted by atomic mass is 9.98. The third-order valence-corrected chi connectivity index (χ3v) is 6.18. The van der Waals surface area contributed by atoms with Gasteiger partial charge in [0.1, 0.15) is 11.8 Å². The molecule has 3 heterocycles. The molecule has 31 heavy (non-hydrogen) atoms. The van der Waals surface area contributed by atoms with Crippen LogP contribution in [-0.2, 0) is 11.3 Å². The molecule has 1 aliphatic heterocycles. The van der Waals surface area contributed by atoms with Gasteiger partial charge >= 0.3 is 0 Å². The van der Waals surface area contributed by atoms with Crippen LogP contribution in [0, 0.1) is 13.8 Å². The fourth-order valence-electron chi connectivity index (χ4n) is 3.73. The minimum absolute atomic E-state index is 0.0262. The summed E-state index contributed by atoms with van der Waals surface area (Å²) in [5.41, 5.74) is 1.91. The molecule has 3 aromatic rings. The van der Waals surface area contributed by atoms with E-state index in [1.165, 1.54) is 16.2 Å². The lowest BCUT2D eigenvalue weighted by Crippen LogP contribution is -2.31. The number of aliphatic hydroxyl groups excluding tert-OH is 1. The Morgan fingerprint density at radius 3 is 2.68 bits per heavy atom. The van der Waals surface area contributed by atoms with Gasteiger partial charge in [0.25, 0.3) is 5.91 Å². The van der Waals surface area contributed by atoms with Crippen LogP contribution in [0.15, 0.2) is 60.0 Å². The van der Waals surface area contributed by atoms with E-state index in [1.54, 1.807) is 38.4 Å². The first kappa shape index (κ1) is 20.7. The monoisotopic (exact) mass is 435 g/mol. The zero-order valence-electron chi connectivity index (χ0n) is 17.3. The number of carbonyl (C=O) groups is 2. The molecule has 1 unspecified atom stereocenters. The Balaban J connectivity index is 1.79. The van der Waals surface area contributed by atoms with Gasteiger partial charge in [-0.15, -0.1) is 11.3 Å². The van der Waals surface area contributed by atoms with Gasteiger partial charge in [0.15, 0.2) is 5.76 Å². The minimum atomic E-state index is -0.811. The molecule has 0 saturated carbocycles. The Morgan fingerprint density at radius 1 is 1.23 bits per heavy atom. The van der Waals surface area contributed by atoms with Crippen molar-refractivity contribution in [3.8, 4) is 5.75 Å². The van der Waals surface area contributed by atoms with Crippen molar-refractivity contribution in [3.05, 3.63) is 86.8 Å². The molecular weight excluding hydrogens is 414 g/mol. The summed E-state index contributed by atoms with van der Waals surface area (Å²) >= 11 is 1.25. The number of amides is 1. The summed E-state index contributed by atoms with van der Waals surface area (Å²) in [6.45, 7) is 3.74. The molecule has 4 rings (SSSR count). The SMILES string of the molecule is COc1cccc(CN2C(=O)C(O)=C(C(=O)c3sc(C)nc3C)C2c2ccccn2)c1. The van der Waals surface area contributed by atoms with Gasteiger partial charge in [-0.1, -0.05) is 18.2 Å². The van der Waals surface area contributed by atoms with Crippen LogP contribution in [0.4, 0.5) is 0 Å². The lowest BCUT2D eigenvalue weighted by Gasteiger charge is -2.26. The van der Waals surface area contributed by atoms with E-state index in [0.29, 0.717) is 22.0 Å². The molecule has 0 fully saturated rings. The van der Waals surface area contributed by atoms with Gasteiger partial charge in [0.2, 0.25) is 5.78 Å². The maximum Gasteiger partial charge on any atom is 0.290 e. The molecule has 2 aromatic heterocycles. The average Bonchev–Trinajstić information content (AvgIpc) is 3.24. The number of carbonyl (C=O) groups excluding carboxylic acids is 2. The zero-order chi connectivity index (χ0) is 22.1. The molecule has 1 N–H and O–H groups in total. The molecule has 0 saturated heterocycles. The zero-order valence-corrected chi connectivity index (χ0v) is 18.1. The normalized spacial score (nSPS) is 16.2. The topological polar surface area (TPSA) is 92.6 Å². The molecule has 0 aliphatic carbocycles. The Bertz CT molecular complexity index is 1190. The van der Waals surface area contributed by atoms with Gasteiger partial charge in [-0.3, -0.25) is 14.6 Å². The van der Waals surface area contributed by atoms with E-state index in [-0.39, 0.29) is 12.1 Å². The molecule has 1 aliphatic rings. The van der Waals surface area contributed by atoms with Crippen LogP contribution in [-0.4, -0.2) is 38.8 Å². The number of ether oxygens (including phenoxy) is 1. The summed E-state index contributed by atoms with van der Waals surface area (Å²) in [7, 11) is 1.57. The van der Waals surface area contributed by atoms with Crippen molar-refractivity contribution in [2.75, 3.05) is 7.11 Å². The van der Waals surface area contributed by atoms with E-state index in [9.17, 15) is 14.7 Å². The van der Waals surface area contributed by atoms with E-state index < -0.39 is 23.5 Å². The summed E-state index contributed by atoms with van der Waals surface area (Å²) in [6, 6.07) is 11.8. The maximum absolute atomic E-state index is 13.4. The van der Waals surface area contributed by atoms with Crippen LogP contribution in [0.1, 0.15) is 37.7 Å². The van der Waals surface area contributed by atoms with Gasteiger partial charge in [0, 0.05) is 12.7 Å². The van der Waals surface area contributed by atoms with Gasteiger partial charge in [-0.2, -0.15) is 0 Å². The van der Waals surface area contributed by atoms with E-state index in [1.807, 2.05) is 31.2 Å². The molecule has 1 amide bonds. The van der Waals surface area contributed by atoms with Crippen molar-refractivity contribution in [2.24, 2.45) is 0 Å². The van der Waals surface area contributed by atoms with Crippen molar-refractivity contribution in [2.45, 2.75) is 26.4 Å². The van der Waals surface area contributed by atoms with E-state index in [4.69, 9.17) is 4.74 Å². The predicted molar refractivity (Wildman–Crippen MR) is 116 cm³/mol. The number of aromatic nitrogens is 2. The second-order valence-electron chi connectivity index (χ2n) is 7.18. The highest BCUT2D eigenvalue weighted by Gasteiger charge is 2.45. The summed E-state index contributed by atoms with van der Waals surface area (Å²) in [5, 5.41) is 11.5. The third kappa shape index (κ3) is 3.82. The number of aryl methyl sites for hydroxylation is 2. The number of methoxy groups -OCH3 is 1. The van der Waals surface area contributed by atoms with Crippen molar-refractivity contribution in [3.63, 3.8) is 0 Å². The first-order chi connectivity index (χ1) is 14.9. The van der Waals surface area contributed by atoms with Crippen LogP contribution < -0.4 is 4.74 Å². The van der Waals surface area contributed by atoms with E-state index in [0.717, 1.165) is 10.6 Å². The number of thiazole rings is 1. The highest BCUT2D eigenvalue weighted by Crippen LogP contribution is 2.40. The Hall–Kier alpha value is -3.52. The number of nitrogens with zero attached hydrogens (tertiary/aromatic N) is 3.